The molecule has 0 aliphatic carbocycles. The highest BCUT2D eigenvalue weighted by atomic mass is 35.5. The fourth-order valence-electron chi connectivity index (χ4n) is 1.72. The molecule has 1 amide bonds. The average molecular weight is 334 g/mol. The number of nitrogens with two attached hydrogens (primary N) is 1. The van der Waals surface area contributed by atoms with Crippen LogP contribution in [0.1, 0.15) is 30.1 Å². The minimum absolute atomic E-state index is 0.00362. The third kappa shape index (κ3) is 4.59. The largest absolute Gasteiger partial charge is 0.384 e. The number of rotatable bonds is 6. The maximum absolute atomic E-state index is 12.0. The van der Waals surface area contributed by atoms with Gasteiger partial charge in [0, 0.05) is 26.2 Å². The molecule has 1 aromatic rings. The molecule has 0 spiro atoms. The zero-order valence-electron chi connectivity index (χ0n) is 12.3. The van der Waals surface area contributed by atoms with Crippen LogP contribution in [0, 0.1) is 0 Å². The minimum atomic E-state index is -4.01. The number of nitrogens with one attached hydrogen (secondary N) is 1. The lowest BCUT2D eigenvalue weighted by Crippen LogP contribution is -2.23. The van der Waals surface area contributed by atoms with Gasteiger partial charge in [-0.1, -0.05) is 24.9 Å². The smallest absolute Gasteiger partial charge is 0.253 e. The molecule has 0 radical (unpaired) electrons. The van der Waals surface area contributed by atoms with Crippen LogP contribution in [0.4, 0.5) is 5.69 Å². The molecule has 118 valence electrons. The molecule has 3 N–H and O–H groups in total. The molecule has 0 aliphatic heterocycles. The van der Waals surface area contributed by atoms with Crippen molar-refractivity contribution >= 4 is 33.2 Å². The van der Waals surface area contributed by atoms with Crippen LogP contribution in [0.3, 0.4) is 0 Å². The summed E-state index contributed by atoms with van der Waals surface area (Å²) in [5.41, 5.74) is 0.606. The Morgan fingerprint density at radius 1 is 1.38 bits per heavy atom. The Labute approximate surface area is 130 Å². The van der Waals surface area contributed by atoms with Crippen molar-refractivity contribution in [2.45, 2.75) is 24.7 Å². The van der Waals surface area contributed by atoms with Crippen molar-refractivity contribution in [3.05, 3.63) is 22.7 Å². The zero-order chi connectivity index (χ0) is 16.2. The number of primary sulfonamides is 1. The molecule has 0 aliphatic rings. The molecule has 0 aromatic heterocycles. The summed E-state index contributed by atoms with van der Waals surface area (Å²) in [7, 11) is -0.849. The van der Waals surface area contributed by atoms with E-state index in [9.17, 15) is 13.2 Å². The predicted molar refractivity (Wildman–Crippen MR) is 84.2 cm³/mol. The van der Waals surface area contributed by atoms with E-state index < -0.39 is 10.0 Å². The summed E-state index contributed by atoms with van der Waals surface area (Å²) >= 11 is 6.08. The first-order chi connectivity index (χ1) is 9.68. The Morgan fingerprint density at radius 2 is 2.00 bits per heavy atom. The number of nitrogens with zero attached hydrogens (tertiary/aromatic N) is 1. The van der Waals surface area contributed by atoms with Gasteiger partial charge >= 0.3 is 0 Å². The normalized spacial score (nSPS) is 11.3. The second-order valence-corrected chi connectivity index (χ2v) is 6.77. The Balaban J connectivity index is 3.35. The number of sulfonamides is 1. The number of halogens is 1. The number of hydrogen-bond acceptors (Lipinski definition) is 4. The van der Waals surface area contributed by atoms with Crippen LogP contribution in [0.2, 0.25) is 5.02 Å². The van der Waals surface area contributed by atoms with Crippen molar-refractivity contribution in [3.63, 3.8) is 0 Å². The standard InChI is InChI=1S/C13H20ClN3O3S/c1-4-5-6-16-10-7-9(13(18)17(2)3)8-11(12(10)14)21(15,19)20/h7-8,16H,4-6H2,1-3H3,(H2,15,19,20). The van der Waals surface area contributed by atoms with Gasteiger partial charge in [-0.05, 0) is 18.6 Å². The summed E-state index contributed by atoms with van der Waals surface area (Å²) < 4.78 is 23.2. The van der Waals surface area contributed by atoms with E-state index in [-0.39, 0.29) is 21.4 Å². The Kier molecular flexibility index (Phi) is 6.00. The number of unbranched alkanes of at least 4 members (excludes halogenated alkanes) is 1. The maximum atomic E-state index is 12.0. The van der Waals surface area contributed by atoms with Gasteiger partial charge < -0.3 is 10.2 Å². The first-order valence-corrected chi connectivity index (χ1v) is 8.42. The van der Waals surface area contributed by atoms with Crippen LogP contribution in [-0.4, -0.2) is 39.9 Å². The lowest BCUT2D eigenvalue weighted by molar-refractivity contribution is 0.0827. The van der Waals surface area contributed by atoms with Crippen LogP contribution in [0.25, 0.3) is 0 Å². The molecule has 0 fully saturated rings. The lowest BCUT2D eigenvalue weighted by atomic mass is 10.1. The quantitative estimate of drug-likeness (QED) is 0.778. The summed E-state index contributed by atoms with van der Waals surface area (Å²) in [5, 5.41) is 8.20. The summed E-state index contributed by atoms with van der Waals surface area (Å²) in [6.07, 6.45) is 1.87. The number of anilines is 1. The molecule has 6 nitrogen and oxygen atoms in total. The number of carbonyl (C=O) groups excluding carboxylic acids is 1. The Hall–Kier alpha value is -1.31. The van der Waals surface area contributed by atoms with Crippen LogP contribution in [0.5, 0.6) is 0 Å². The first-order valence-electron chi connectivity index (χ1n) is 6.50. The lowest BCUT2D eigenvalue weighted by Gasteiger charge is -2.15. The van der Waals surface area contributed by atoms with E-state index in [2.05, 4.69) is 5.32 Å². The van der Waals surface area contributed by atoms with E-state index in [4.69, 9.17) is 16.7 Å². The third-order valence-electron chi connectivity index (χ3n) is 2.84. The van der Waals surface area contributed by atoms with Gasteiger partial charge in [0.2, 0.25) is 10.0 Å². The van der Waals surface area contributed by atoms with E-state index in [1.165, 1.54) is 17.0 Å². The van der Waals surface area contributed by atoms with Crippen LogP contribution in [0.15, 0.2) is 17.0 Å². The molecule has 0 heterocycles. The highest BCUT2D eigenvalue weighted by Gasteiger charge is 2.21. The van der Waals surface area contributed by atoms with E-state index in [1.54, 1.807) is 14.1 Å². The van der Waals surface area contributed by atoms with E-state index in [0.29, 0.717) is 12.2 Å². The number of hydrogen-bond donors (Lipinski definition) is 2. The molecular weight excluding hydrogens is 314 g/mol. The fraction of sp³-hybridized carbons (Fsp3) is 0.462. The van der Waals surface area contributed by atoms with Crippen molar-refractivity contribution in [1.82, 2.24) is 4.90 Å². The predicted octanol–water partition coefficient (Wildman–Crippen LogP) is 1.90. The fourth-order valence-corrected chi connectivity index (χ4v) is 2.86. The highest BCUT2D eigenvalue weighted by Crippen LogP contribution is 2.31. The van der Waals surface area contributed by atoms with Gasteiger partial charge in [-0.3, -0.25) is 4.79 Å². The van der Waals surface area contributed by atoms with Crippen molar-refractivity contribution in [1.29, 1.82) is 0 Å². The van der Waals surface area contributed by atoms with Crippen molar-refractivity contribution in [2.24, 2.45) is 5.14 Å². The van der Waals surface area contributed by atoms with Crippen molar-refractivity contribution in [3.8, 4) is 0 Å². The zero-order valence-corrected chi connectivity index (χ0v) is 13.9. The monoisotopic (exact) mass is 333 g/mol. The van der Waals surface area contributed by atoms with Gasteiger partial charge in [-0.25, -0.2) is 13.6 Å². The van der Waals surface area contributed by atoms with Gasteiger partial charge in [0.1, 0.15) is 4.90 Å². The van der Waals surface area contributed by atoms with Crippen molar-refractivity contribution < 1.29 is 13.2 Å². The molecule has 1 rings (SSSR count). The maximum Gasteiger partial charge on any atom is 0.253 e. The third-order valence-corrected chi connectivity index (χ3v) is 4.30. The highest BCUT2D eigenvalue weighted by molar-refractivity contribution is 7.89. The molecule has 21 heavy (non-hydrogen) atoms. The molecule has 0 atom stereocenters. The summed E-state index contributed by atoms with van der Waals surface area (Å²) in [5.74, 6) is -0.324. The van der Waals surface area contributed by atoms with Crippen LogP contribution < -0.4 is 10.5 Å². The van der Waals surface area contributed by atoms with Gasteiger partial charge in [-0.15, -0.1) is 0 Å². The van der Waals surface area contributed by atoms with Crippen molar-refractivity contribution in [2.75, 3.05) is 26.0 Å². The minimum Gasteiger partial charge on any atom is -0.384 e. The molecule has 0 bridgehead atoms. The van der Waals surface area contributed by atoms with Gasteiger partial charge in [0.25, 0.3) is 5.91 Å². The molecular formula is C13H20ClN3O3S. The topological polar surface area (TPSA) is 92.5 Å². The molecule has 0 unspecified atom stereocenters. The van der Waals surface area contributed by atoms with Crippen LogP contribution >= 0.6 is 11.6 Å². The van der Waals surface area contributed by atoms with Crippen LogP contribution in [-0.2, 0) is 10.0 Å². The Morgan fingerprint density at radius 3 is 2.48 bits per heavy atom. The summed E-state index contributed by atoms with van der Waals surface area (Å²) in [4.78, 5) is 13.1. The van der Waals surface area contributed by atoms with E-state index >= 15 is 0 Å². The molecule has 8 heteroatoms. The first kappa shape index (κ1) is 17.7. The van der Waals surface area contributed by atoms with Gasteiger partial charge in [0.05, 0.1) is 10.7 Å². The second-order valence-electron chi connectivity index (χ2n) is 4.86. The SMILES string of the molecule is CCCCNc1cc(C(=O)N(C)C)cc(S(N)(=O)=O)c1Cl. The number of benzene rings is 1. The number of amides is 1. The summed E-state index contributed by atoms with van der Waals surface area (Å²) in [6.45, 7) is 2.66. The van der Waals surface area contributed by atoms with Gasteiger partial charge in [0.15, 0.2) is 0 Å². The molecule has 1 aromatic carbocycles. The summed E-state index contributed by atoms with van der Waals surface area (Å²) in [6, 6.07) is 2.74. The number of carbonyl (C=O) groups is 1. The Bertz CT molecular complexity index is 630. The van der Waals surface area contributed by atoms with E-state index in [1.807, 2.05) is 6.92 Å². The average Bonchev–Trinajstić information content (AvgIpc) is 2.38. The molecule has 0 saturated heterocycles. The van der Waals surface area contributed by atoms with Gasteiger partial charge in [-0.2, -0.15) is 0 Å². The van der Waals surface area contributed by atoms with E-state index in [0.717, 1.165) is 12.8 Å². The molecule has 0 saturated carbocycles. The second kappa shape index (κ2) is 7.11.